The van der Waals surface area contributed by atoms with Gasteiger partial charge in [-0.1, -0.05) is 0 Å². The largest absolute Gasteiger partial charge is 0.366 e. The van der Waals surface area contributed by atoms with Crippen LogP contribution in [0.3, 0.4) is 0 Å². The minimum atomic E-state index is -0.426. The molecule has 1 unspecified atom stereocenters. The smallest absolute Gasteiger partial charge is 0.257 e. The maximum atomic E-state index is 13.2. The van der Waals surface area contributed by atoms with Crippen molar-refractivity contribution in [2.24, 2.45) is 0 Å². The van der Waals surface area contributed by atoms with Crippen LogP contribution in [0.25, 0.3) is 0 Å². The summed E-state index contributed by atoms with van der Waals surface area (Å²) in [6.07, 6.45) is 1.26. The molecule has 1 N–H and O–H groups in total. The van der Waals surface area contributed by atoms with Crippen molar-refractivity contribution in [1.82, 2.24) is 5.32 Å². The van der Waals surface area contributed by atoms with E-state index in [0.29, 0.717) is 19.7 Å². The van der Waals surface area contributed by atoms with Gasteiger partial charge in [-0.15, -0.1) is 0 Å². The zero-order chi connectivity index (χ0) is 13.2. The lowest BCUT2D eigenvalue weighted by Gasteiger charge is -2.33. The van der Waals surface area contributed by atoms with E-state index >= 15 is 0 Å². The lowest BCUT2D eigenvalue weighted by Crippen LogP contribution is -2.50. The first-order chi connectivity index (χ1) is 9.25. The number of fused-ring (bicyclic) bond motifs is 1. The summed E-state index contributed by atoms with van der Waals surface area (Å²) in [7, 11) is 0. The van der Waals surface area contributed by atoms with E-state index in [9.17, 15) is 9.18 Å². The predicted octanol–water partition coefficient (Wildman–Crippen LogP) is 1.09. The zero-order valence-corrected chi connectivity index (χ0v) is 10.7. The van der Waals surface area contributed by atoms with Crippen molar-refractivity contribution in [2.45, 2.75) is 18.9 Å². The molecule has 0 aromatic heterocycles. The van der Waals surface area contributed by atoms with Crippen molar-refractivity contribution in [3.8, 4) is 0 Å². The molecule has 5 heteroatoms. The van der Waals surface area contributed by atoms with Gasteiger partial charge >= 0.3 is 0 Å². The van der Waals surface area contributed by atoms with Gasteiger partial charge in [0, 0.05) is 25.3 Å². The molecule has 2 aliphatic rings. The average molecular weight is 264 g/mol. The number of benzene rings is 1. The van der Waals surface area contributed by atoms with Gasteiger partial charge in [0.15, 0.2) is 0 Å². The van der Waals surface area contributed by atoms with Crippen LogP contribution in [0.4, 0.5) is 10.1 Å². The Morgan fingerprint density at radius 1 is 1.47 bits per heavy atom. The molecule has 1 atom stereocenters. The molecule has 1 aromatic carbocycles. The number of anilines is 1. The molecule has 1 saturated heterocycles. The van der Waals surface area contributed by atoms with Gasteiger partial charge in [-0.3, -0.25) is 4.79 Å². The van der Waals surface area contributed by atoms with Crippen molar-refractivity contribution < 1.29 is 13.9 Å². The second-order valence-corrected chi connectivity index (χ2v) is 4.93. The van der Waals surface area contributed by atoms with Crippen molar-refractivity contribution >= 4 is 11.6 Å². The highest BCUT2D eigenvalue weighted by atomic mass is 19.1. The summed E-state index contributed by atoms with van der Waals surface area (Å²) in [5.74, 6) is -0.275. The average Bonchev–Trinajstić information content (AvgIpc) is 2.46. The maximum Gasteiger partial charge on any atom is 0.257 e. The third kappa shape index (κ3) is 2.48. The minimum absolute atomic E-state index is 0.0280. The molecule has 2 heterocycles. The van der Waals surface area contributed by atoms with Gasteiger partial charge in [0.05, 0.1) is 6.61 Å². The number of nitrogens with zero attached hydrogens (tertiary/aromatic N) is 1. The molecule has 0 aliphatic carbocycles. The molecule has 3 rings (SSSR count). The number of hydrogen-bond donors (Lipinski definition) is 1. The van der Waals surface area contributed by atoms with Crippen molar-refractivity contribution in [1.29, 1.82) is 0 Å². The normalized spacial score (nSPS) is 23.0. The monoisotopic (exact) mass is 264 g/mol. The van der Waals surface area contributed by atoms with Crippen LogP contribution in [0.1, 0.15) is 12.0 Å². The van der Waals surface area contributed by atoms with Crippen LogP contribution < -0.4 is 10.2 Å². The molecule has 4 nitrogen and oxygen atoms in total. The van der Waals surface area contributed by atoms with Gasteiger partial charge in [0.1, 0.15) is 11.9 Å². The second kappa shape index (κ2) is 5.27. The topological polar surface area (TPSA) is 41.6 Å². The Hall–Kier alpha value is -1.46. The first-order valence-electron chi connectivity index (χ1n) is 6.68. The van der Waals surface area contributed by atoms with E-state index in [-0.39, 0.29) is 11.7 Å². The number of aryl methyl sites for hydroxylation is 1. The number of carbonyl (C=O) groups is 1. The number of hydrogen-bond acceptors (Lipinski definition) is 3. The molecule has 19 heavy (non-hydrogen) atoms. The van der Waals surface area contributed by atoms with E-state index in [0.717, 1.165) is 30.6 Å². The lowest BCUT2D eigenvalue weighted by molar-refractivity contribution is -0.131. The summed E-state index contributed by atoms with van der Waals surface area (Å²) in [5.41, 5.74) is 1.73. The van der Waals surface area contributed by atoms with Gasteiger partial charge in [0.25, 0.3) is 5.91 Å². The summed E-state index contributed by atoms with van der Waals surface area (Å²) in [5, 5.41) is 3.16. The van der Waals surface area contributed by atoms with E-state index < -0.39 is 6.10 Å². The summed E-state index contributed by atoms with van der Waals surface area (Å²) >= 11 is 0. The summed E-state index contributed by atoms with van der Waals surface area (Å²) < 4.78 is 18.7. The fraction of sp³-hybridized carbons (Fsp3) is 0.500. The summed E-state index contributed by atoms with van der Waals surface area (Å²) in [6, 6.07) is 4.62. The molecule has 0 bridgehead atoms. The SMILES string of the molecule is O=C(C1CNCCO1)N1CCCc2cc(F)ccc21. The molecule has 1 amide bonds. The lowest BCUT2D eigenvalue weighted by atomic mass is 10.0. The Morgan fingerprint density at radius 3 is 3.16 bits per heavy atom. The molecule has 0 spiro atoms. The van der Waals surface area contributed by atoms with Crippen molar-refractivity contribution in [2.75, 3.05) is 31.1 Å². The quantitative estimate of drug-likeness (QED) is 0.825. The standard InChI is InChI=1S/C14H17FN2O2/c15-11-3-4-12-10(8-11)2-1-6-17(12)14(18)13-9-16-5-7-19-13/h3-4,8,13,16H,1-2,5-7,9H2. The first-order valence-corrected chi connectivity index (χ1v) is 6.68. The molecule has 102 valence electrons. The molecule has 1 fully saturated rings. The highest BCUT2D eigenvalue weighted by molar-refractivity contribution is 5.97. The molecule has 0 radical (unpaired) electrons. The van der Waals surface area contributed by atoms with E-state index in [1.165, 1.54) is 12.1 Å². The van der Waals surface area contributed by atoms with Crippen LogP contribution in [-0.2, 0) is 16.0 Å². The Kier molecular flexibility index (Phi) is 3.48. The van der Waals surface area contributed by atoms with Crippen molar-refractivity contribution in [3.63, 3.8) is 0 Å². The molecule has 1 aromatic rings. The van der Waals surface area contributed by atoms with Crippen LogP contribution >= 0.6 is 0 Å². The predicted molar refractivity (Wildman–Crippen MR) is 69.7 cm³/mol. The number of nitrogens with one attached hydrogen (secondary N) is 1. The van der Waals surface area contributed by atoms with E-state index in [2.05, 4.69) is 5.32 Å². The number of rotatable bonds is 1. The van der Waals surface area contributed by atoms with Crippen LogP contribution in [0, 0.1) is 5.82 Å². The van der Waals surface area contributed by atoms with Crippen LogP contribution in [0.15, 0.2) is 18.2 Å². The molecule has 2 aliphatic heterocycles. The Labute approximate surface area is 111 Å². The Bertz CT molecular complexity index is 486. The number of ether oxygens (including phenoxy) is 1. The number of carbonyl (C=O) groups excluding carboxylic acids is 1. The van der Waals surface area contributed by atoms with Crippen LogP contribution in [-0.4, -0.2) is 38.3 Å². The van der Waals surface area contributed by atoms with Gasteiger partial charge < -0.3 is 15.0 Å². The first kappa shape index (κ1) is 12.6. The fourth-order valence-corrected chi connectivity index (χ4v) is 2.69. The molecular formula is C14H17FN2O2. The number of halogens is 1. The van der Waals surface area contributed by atoms with Gasteiger partial charge in [-0.2, -0.15) is 0 Å². The Morgan fingerprint density at radius 2 is 2.37 bits per heavy atom. The fourth-order valence-electron chi connectivity index (χ4n) is 2.69. The van der Waals surface area contributed by atoms with Gasteiger partial charge in [-0.25, -0.2) is 4.39 Å². The van der Waals surface area contributed by atoms with Crippen LogP contribution in [0.2, 0.25) is 0 Å². The third-order valence-corrected chi connectivity index (χ3v) is 3.63. The number of morpholine rings is 1. The summed E-state index contributed by atoms with van der Waals surface area (Å²) in [4.78, 5) is 14.2. The van der Waals surface area contributed by atoms with Crippen molar-refractivity contribution in [3.05, 3.63) is 29.6 Å². The van der Waals surface area contributed by atoms with E-state index in [1.807, 2.05) is 0 Å². The Balaban J connectivity index is 1.84. The number of amides is 1. The van der Waals surface area contributed by atoms with E-state index in [4.69, 9.17) is 4.74 Å². The molecular weight excluding hydrogens is 247 g/mol. The zero-order valence-electron chi connectivity index (χ0n) is 10.7. The third-order valence-electron chi connectivity index (χ3n) is 3.63. The van der Waals surface area contributed by atoms with Gasteiger partial charge in [-0.05, 0) is 36.6 Å². The van der Waals surface area contributed by atoms with E-state index in [1.54, 1.807) is 11.0 Å². The minimum Gasteiger partial charge on any atom is -0.366 e. The maximum absolute atomic E-state index is 13.2. The highest BCUT2D eigenvalue weighted by Gasteiger charge is 2.30. The highest BCUT2D eigenvalue weighted by Crippen LogP contribution is 2.28. The van der Waals surface area contributed by atoms with Gasteiger partial charge in [0.2, 0.25) is 0 Å². The second-order valence-electron chi connectivity index (χ2n) is 4.93. The van der Waals surface area contributed by atoms with Crippen LogP contribution in [0.5, 0.6) is 0 Å². The molecule has 0 saturated carbocycles. The summed E-state index contributed by atoms with van der Waals surface area (Å²) in [6.45, 7) is 2.56.